The lowest BCUT2D eigenvalue weighted by Gasteiger charge is -2.23. The summed E-state index contributed by atoms with van der Waals surface area (Å²) in [6.45, 7) is 7.51. The molecule has 0 atom stereocenters. The average molecular weight is 285 g/mol. The van der Waals surface area contributed by atoms with Gasteiger partial charge in [-0.3, -0.25) is 4.79 Å². The van der Waals surface area contributed by atoms with Crippen LogP contribution in [0.1, 0.15) is 36.3 Å². The van der Waals surface area contributed by atoms with Gasteiger partial charge in [0.05, 0.1) is 5.69 Å². The Morgan fingerprint density at radius 3 is 2.62 bits per heavy atom. The smallest absolute Gasteiger partial charge is 0.274 e. The summed E-state index contributed by atoms with van der Waals surface area (Å²) >= 11 is 0. The first-order valence-electron chi connectivity index (χ1n) is 7.41. The summed E-state index contributed by atoms with van der Waals surface area (Å²) in [5.74, 6) is -0.00282. The van der Waals surface area contributed by atoms with Crippen LogP contribution in [0, 0.1) is 6.92 Å². The number of para-hydroxylation sites is 1. The van der Waals surface area contributed by atoms with Gasteiger partial charge in [0.1, 0.15) is 5.69 Å². The number of hydrogen-bond acceptors (Lipinski definition) is 2. The molecule has 0 fully saturated rings. The number of aryl methyl sites for hydroxylation is 2. The molecule has 0 saturated heterocycles. The molecule has 112 valence electrons. The van der Waals surface area contributed by atoms with Crippen LogP contribution in [0.4, 0.5) is 11.4 Å². The van der Waals surface area contributed by atoms with E-state index in [0.717, 1.165) is 24.2 Å². The molecule has 21 heavy (non-hydrogen) atoms. The summed E-state index contributed by atoms with van der Waals surface area (Å²) in [4.78, 5) is 14.7. The van der Waals surface area contributed by atoms with Crippen LogP contribution >= 0.6 is 0 Å². The van der Waals surface area contributed by atoms with Gasteiger partial charge in [0.25, 0.3) is 5.91 Å². The van der Waals surface area contributed by atoms with Crippen LogP contribution in [0.3, 0.4) is 0 Å². The van der Waals surface area contributed by atoms with Crippen molar-refractivity contribution >= 4 is 17.3 Å². The minimum absolute atomic E-state index is 0.00282. The minimum Gasteiger partial charge on any atom is -0.397 e. The maximum atomic E-state index is 12.9. The van der Waals surface area contributed by atoms with E-state index >= 15 is 0 Å². The number of nitrogens with zero attached hydrogens (tertiary/aromatic N) is 2. The number of nitrogens with two attached hydrogens (primary N) is 1. The van der Waals surface area contributed by atoms with Gasteiger partial charge in [-0.25, -0.2) is 0 Å². The molecule has 4 heteroatoms. The van der Waals surface area contributed by atoms with Crippen molar-refractivity contribution in [3.05, 3.63) is 47.8 Å². The first kappa shape index (κ1) is 15.2. The highest BCUT2D eigenvalue weighted by Gasteiger charge is 2.21. The van der Waals surface area contributed by atoms with E-state index < -0.39 is 0 Å². The van der Waals surface area contributed by atoms with Gasteiger partial charge in [0.2, 0.25) is 0 Å². The molecule has 4 nitrogen and oxygen atoms in total. The largest absolute Gasteiger partial charge is 0.397 e. The quantitative estimate of drug-likeness (QED) is 0.914. The van der Waals surface area contributed by atoms with Crippen molar-refractivity contribution in [2.24, 2.45) is 0 Å². The number of benzene rings is 1. The number of hydrogen-bond donors (Lipinski definition) is 1. The van der Waals surface area contributed by atoms with Crippen LogP contribution in [-0.4, -0.2) is 17.0 Å². The minimum atomic E-state index is -0.00282. The van der Waals surface area contributed by atoms with Gasteiger partial charge in [-0.05, 0) is 38.0 Å². The third kappa shape index (κ3) is 3.10. The van der Waals surface area contributed by atoms with Crippen LogP contribution in [0.2, 0.25) is 0 Å². The predicted molar refractivity (Wildman–Crippen MR) is 87.7 cm³/mol. The van der Waals surface area contributed by atoms with Crippen molar-refractivity contribution in [2.75, 3.05) is 17.2 Å². The molecule has 2 aromatic rings. The molecule has 0 unspecified atom stereocenters. The van der Waals surface area contributed by atoms with Crippen molar-refractivity contribution < 1.29 is 4.79 Å². The first-order chi connectivity index (χ1) is 10.1. The molecular weight excluding hydrogens is 262 g/mol. The number of carbonyl (C=O) groups is 1. The molecule has 0 bridgehead atoms. The van der Waals surface area contributed by atoms with E-state index in [1.807, 2.05) is 48.9 Å². The number of nitrogen functional groups attached to an aromatic ring is 1. The third-order valence-corrected chi connectivity index (χ3v) is 3.57. The van der Waals surface area contributed by atoms with Gasteiger partial charge >= 0.3 is 0 Å². The molecule has 1 aromatic carbocycles. The molecule has 0 spiro atoms. The van der Waals surface area contributed by atoms with Gasteiger partial charge in [0, 0.05) is 25.0 Å². The Hall–Kier alpha value is -2.23. The summed E-state index contributed by atoms with van der Waals surface area (Å²) in [5.41, 5.74) is 9.19. The molecule has 2 rings (SSSR count). The van der Waals surface area contributed by atoms with Crippen molar-refractivity contribution in [2.45, 2.75) is 33.7 Å². The Bertz CT molecular complexity index is 631. The standard InChI is InChI=1S/C17H23N3O/c1-4-10-19-12-14(18)11-16(19)17(21)20(5-2)15-9-7-6-8-13(15)3/h6-9,11-12H,4-5,10,18H2,1-3H3. The van der Waals surface area contributed by atoms with E-state index in [-0.39, 0.29) is 5.91 Å². The molecular formula is C17H23N3O. The molecule has 0 aliphatic rings. The maximum absolute atomic E-state index is 12.9. The zero-order valence-electron chi connectivity index (χ0n) is 13.0. The summed E-state index contributed by atoms with van der Waals surface area (Å²) in [7, 11) is 0. The molecule has 0 saturated carbocycles. The van der Waals surface area contributed by atoms with Gasteiger partial charge in [0.15, 0.2) is 0 Å². The van der Waals surface area contributed by atoms with Crippen LogP contribution in [0.5, 0.6) is 0 Å². The summed E-state index contributed by atoms with van der Waals surface area (Å²) in [6, 6.07) is 9.70. The Morgan fingerprint density at radius 2 is 2.00 bits per heavy atom. The fourth-order valence-electron chi connectivity index (χ4n) is 2.57. The van der Waals surface area contributed by atoms with Crippen LogP contribution in [-0.2, 0) is 6.54 Å². The van der Waals surface area contributed by atoms with Crippen molar-refractivity contribution in [3.63, 3.8) is 0 Å². The lowest BCUT2D eigenvalue weighted by Crippen LogP contribution is -2.32. The van der Waals surface area contributed by atoms with Gasteiger partial charge in [-0.1, -0.05) is 25.1 Å². The Labute approximate surface area is 126 Å². The SMILES string of the molecule is CCCn1cc(N)cc1C(=O)N(CC)c1ccccc1C. The topological polar surface area (TPSA) is 51.3 Å². The number of rotatable bonds is 5. The van der Waals surface area contributed by atoms with Crippen LogP contribution in [0.25, 0.3) is 0 Å². The number of carbonyl (C=O) groups excluding carboxylic acids is 1. The lowest BCUT2D eigenvalue weighted by molar-refractivity contribution is 0.0979. The lowest BCUT2D eigenvalue weighted by atomic mass is 10.1. The summed E-state index contributed by atoms with van der Waals surface area (Å²) in [6.07, 6.45) is 2.80. The van der Waals surface area contributed by atoms with Gasteiger partial charge in [-0.2, -0.15) is 0 Å². The summed E-state index contributed by atoms with van der Waals surface area (Å²) < 4.78 is 1.94. The second-order valence-corrected chi connectivity index (χ2v) is 5.19. The highest BCUT2D eigenvalue weighted by molar-refractivity contribution is 6.06. The fourth-order valence-corrected chi connectivity index (χ4v) is 2.57. The highest BCUT2D eigenvalue weighted by Crippen LogP contribution is 2.23. The van der Waals surface area contributed by atoms with E-state index in [1.165, 1.54) is 0 Å². The second kappa shape index (κ2) is 6.48. The number of amides is 1. The van der Waals surface area contributed by atoms with Gasteiger partial charge in [-0.15, -0.1) is 0 Å². The molecule has 1 aromatic heterocycles. The van der Waals surface area contributed by atoms with Crippen molar-refractivity contribution in [1.82, 2.24) is 4.57 Å². The average Bonchev–Trinajstić information content (AvgIpc) is 2.83. The molecule has 0 aliphatic carbocycles. The fraction of sp³-hybridized carbons (Fsp3) is 0.353. The van der Waals surface area contributed by atoms with E-state index in [0.29, 0.717) is 17.9 Å². The summed E-state index contributed by atoms with van der Waals surface area (Å²) in [5, 5.41) is 0. The van der Waals surface area contributed by atoms with E-state index in [2.05, 4.69) is 6.92 Å². The number of aromatic nitrogens is 1. The number of anilines is 2. The molecule has 0 radical (unpaired) electrons. The maximum Gasteiger partial charge on any atom is 0.274 e. The van der Waals surface area contributed by atoms with E-state index in [4.69, 9.17) is 5.73 Å². The second-order valence-electron chi connectivity index (χ2n) is 5.19. The molecule has 1 amide bonds. The van der Waals surface area contributed by atoms with E-state index in [1.54, 1.807) is 11.0 Å². The van der Waals surface area contributed by atoms with Crippen LogP contribution in [0.15, 0.2) is 36.5 Å². The zero-order valence-corrected chi connectivity index (χ0v) is 13.0. The van der Waals surface area contributed by atoms with Gasteiger partial charge < -0.3 is 15.2 Å². The molecule has 1 heterocycles. The van der Waals surface area contributed by atoms with Crippen LogP contribution < -0.4 is 10.6 Å². The zero-order chi connectivity index (χ0) is 15.4. The Morgan fingerprint density at radius 1 is 1.29 bits per heavy atom. The normalized spacial score (nSPS) is 10.6. The Kier molecular flexibility index (Phi) is 4.68. The van der Waals surface area contributed by atoms with Crippen molar-refractivity contribution in [3.8, 4) is 0 Å². The first-order valence-corrected chi connectivity index (χ1v) is 7.41. The monoisotopic (exact) mass is 285 g/mol. The van der Waals surface area contributed by atoms with E-state index in [9.17, 15) is 4.79 Å². The Balaban J connectivity index is 2.39. The third-order valence-electron chi connectivity index (χ3n) is 3.57. The molecule has 2 N–H and O–H groups in total. The predicted octanol–water partition coefficient (Wildman–Crippen LogP) is 3.46. The van der Waals surface area contributed by atoms with Crippen molar-refractivity contribution in [1.29, 1.82) is 0 Å². The highest BCUT2D eigenvalue weighted by atomic mass is 16.2. The molecule has 0 aliphatic heterocycles.